The van der Waals surface area contributed by atoms with E-state index in [4.69, 9.17) is 14.5 Å². The Morgan fingerprint density at radius 3 is 2.79 bits per heavy atom. The van der Waals surface area contributed by atoms with Crippen molar-refractivity contribution < 1.29 is 33.1 Å². The number of aromatic amines is 1. The molecule has 1 aliphatic rings. The lowest BCUT2D eigenvalue weighted by molar-refractivity contribution is -0.0829. The SMILES string of the molecule is CCCC(OP(=O)(O)O)[C@H]1O[C@@H](n2cc(F)c(=O)[nH]c2=O)C[C@@H]1O. The Morgan fingerprint density at radius 2 is 2.21 bits per heavy atom. The Morgan fingerprint density at radius 1 is 1.54 bits per heavy atom. The van der Waals surface area contributed by atoms with E-state index >= 15 is 0 Å². The molecule has 136 valence electrons. The second kappa shape index (κ2) is 7.26. The minimum atomic E-state index is -4.81. The molecule has 0 amide bonds. The van der Waals surface area contributed by atoms with Crippen LogP contribution in [-0.2, 0) is 13.8 Å². The van der Waals surface area contributed by atoms with E-state index in [0.717, 1.165) is 4.57 Å². The number of phosphoric ester groups is 1. The quantitative estimate of drug-likeness (QED) is 0.495. The van der Waals surface area contributed by atoms with Crippen molar-refractivity contribution in [3.63, 3.8) is 0 Å². The zero-order valence-electron chi connectivity index (χ0n) is 12.7. The van der Waals surface area contributed by atoms with E-state index in [2.05, 4.69) is 4.52 Å². The van der Waals surface area contributed by atoms with Gasteiger partial charge in [0.1, 0.15) is 12.3 Å². The van der Waals surface area contributed by atoms with E-state index in [9.17, 15) is 23.7 Å². The maximum absolute atomic E-state index is 13.4. The topological polar surface area (TPSA) is 151 Å². The smallest absolute Gasteiger partial charge is 0.390 e. The van der Waals surface area contributed by atoms with Gasteiger partial charge in [-0.1, -0.05) is 13.3 Å². The molecule has 1 saturated heterocycles. The molecule has 10 nitrogen and oxygen atoms in total. The highest BCUT2D eigenvalue weighted by atomic mass is 31.2. The number of hydrogen-bond acceptors (Lipinski definition) is 6. The highest BCUT2D eigenvalue weighted by Gasteiger charge is 2.42. The summed E-state index contributed by atoms with van der Waals surface area (Å²) in [6.45, 7) is 1.75. The Balaban J connectivity index is 2.25. The number of rotatable bonds is 6. The summed E-state index contributed by atoms with van der Waals surface area (Å²) in [4.78, 5) is 42.5. The van der Waals surface area contributed by atoms with Crippen LogP contribution in [0.2, 0.25) is 0 Å². The van der Waals surface area contributed by atoms with Gasteiger partial charge in [0.05, 0.1) is 18.4 Å². The molecule has 12 heteroatoms. The average molecular weight is 368 g/mol. The molecule has 2 rings (SSSR count). The predicted octanol–water partition coefficient (Wildman–Crippen LogP) is -0.398. The first kappa shape index (κ1) is 19.0. The molecule has 0 aromatic carbocycles. The van der Waals surface area contributed by atoms with Gasteiger partial charge in [-0.05, 0) is 6.42 Å². The van der Waals surface area contributed by atoms with Gasteiger partial charge in [0, 0.05) is 6.42 Å². The molecule has 4 N–H and O–H groups in total. The second-order valence-corrected chi connectivity index (χ2v) is 6.62. The molecule has 24 heavy (non-hydrogen) atoms. The van der Waals surface area contributed by atoms with Crippen LogP contribution < -0.4 is 11.2 Å². The van der Waals surface area contributed by atoms with Crippen molar-refractivity contribution in [3.05, 3.63) is 32.9 Å². The molecule has 1 aliphatic heterocycles. The molecule has 1 unspecified atom stereocenters. The third kappa shape index (κ3) is 4.38. The Kier molecular flexibility index (Phi) is 5.74. The molecular weight excluding hydrogens is 350 g/mol. The summed E-state index contributed by atoms with van der Waals surface area (Å²) >= 11 is 0. The molecule has 0 bridgehead atoms. The van der Waals surface area contributed by atoms with Gasteiger partial charge in [-0.15, -0.1) is 0 Å². The van der Waals surface area contributed by atoms with Crippen molar-refractivity contribution in [2.75, 3.05) is 0 Å². The minimum Gasteiger partial charge on any atom is -0.390 e. The van der Waals surface area contributed by atoms with E-state index in [0.29, 0.717) is 12.6 Å². The summed E-state index contributed by atoms with van der Waals surface area (Å²) in [5.41, 5.74) is -2.11. The second-order valence-electron chi connectivity index (χ2n) is 5.43. The van der Waals surface area contributed by atoms with Crippen LogP contribution in [0.5, 0.6) is 0 Å². The summed E-state index contributed by atoms with van der Waals surface area (Å²) < 4.78 is 35.3. The zero-order valence-corrected chi connectivity index (χ0v) is 13.6. The number of aromatic nitrogens is 2. The molecule has 1 aromatic heterocycles. The van der Waals surface area contributed by atoms with E-state index in [-0.39, 0.29) is 12.8 Å². The van der Waals surface area contributed by atoms with E-state index in [1.165, 1.54) is 0 Å². The van der Waals surface area contributed by atoms with Gasteiger partial charge in [-0.2, -0.15) is 4.39 Å². The summed E-state index contributed by atoms with van der Waals surface area (Å²) in [7, 11) is -4.81. The van der Waals surface area contributed by atoms with Gasteiger partial charge < -0.3 is 19.6 Å². The van der Waals surface area contributed by atoms with Crippen molar-refractivity contribution in [2.24, 2.45) is 0 Å². The fraction of sp³-hybridized carbons (Fsp3) is 0.667. The predicted molar refractivity (Wildman–Crippen MR) is 77.6 cm³/mol. The molecule has 0 aliphatic carbocycles. The summed E-state index contributed by atoms with van der Waals surface area (Å²) in [6, 6.07) is 0. The monoisotopic (exact) mass is 368 g/mol. The van der Waals surface area contributed by atoms with Crippen molar-refractivity contribution in [2.45, 2.75) is 50.7 Å². The summed E-state index contributed by atoms with van der Waals surface area (Å²) in [5.74, 6) is -1.20. The number of ether oxygens (including phenoxy) is 1. The van der Waals surface area contributed by atoms with Gasteiger partial charge >= 0.3 is 13.5 Å². The molecule has 2 heterocycles. The number of phosphoric acid groups is 1. The first-order valence-electron chi connectivity index (χ1n) is 7.20. The number of aliphatic hydroxyl groups excluding tert-OH is 1. The number of halogens is 1. The number of hydrogen-bond donors (Lipinski definition) is 4. The standard InChI is InChI=1S/C12H18FN2O8P/c1-2-3-8(23-24(19,20)21)10-7(16)4-9(22-10)15-5-6(13)11(17)14-12(15)18/h5,7-10,16H,2-4H2,1H3,(H,14,17,18)(H2,19,20,21)/t7-,8?,9+,10-/m0/s1. The maximum atomic E-state index is 13.4. The van der Waals surface area contributed by atoms with Crippen LogP contribution in [0.4, 0.5) is 4.39 Å². The Bertz CT molecular complexity index is 743. The molecule has 1 aromatic rings. The molecule has 0 spiro atoms. The molecule has 0 radical (unpaired) electrons. The molecule has 1 fully saturated rings. The van der Waals surface area contributed by atoms with Crippen LogP contribution in [-0.4, -0.2) is 42.8 Å². The lowest BCUT2D eigenvalue weighted by Gasteiger charge is -2.25. The van der Waals surface area contributed by atoms with E-state index in [1.807, 2.05) is 0 Å². The van der Waals surface area contributed by atoms with Crippen molar-refractivity contribution >= 4 is 7.82 Å². The van der Waals surface area contributed by atoms with Crippen molar-refractivity contribution in [1.82, 2.24) is 9.55 Å². The highest BCUT2D eigenvalue weighted by Crippen LogP contribution is 2.42. The van der Waals surface area contributed by atoms with Crippen LogP contribution in [0.3, 0.4) is 0 Å². The molecule has 4 atom stereocenters. The van der Waals surface area contributed by atoms with Crippen LogP contribution in [0.15, 0.2) is 15.8 Å². The number of nitrogens with zero attached hydrogens (tertiary/aromatic N) is 1. The minimum absolute atomic E-state index is 0.138. The fourth-order valence-corrected chi connectivity index (χ4v) is 3.17. The Labute approximate surface area is 135 Å². The van der Waals surface area contributed by atoms with E-state index < -0.39 is 49.4 Å². The lowest BCUT2D eigenvalue weighted by Crippen LogP contribution is -2.37. The third-order valence-electron chi connectivity index (χ3n) is 3.58. The average Bonchev–Trinajstić information content (AvgIpc) is 2.83. The van der Waals surface area contributed by atoms with Gasteiger partial charge in [0.2, 0.25) is 5.82 Å². The normalized spacial score (nSPS) is 25.8. The van der Waals surface area contributed by atoms with Crippen LogP contribution in [0.1, 0.15) is 32.4 Å². The first-order chi connectivity index (χ1) is 11.1. The maximum Gasteiger partial charge on any atom is 0.469 e. The van der Waals surface area contributed by atoms with Crippen LogP contribution in [0.25, 0.3) is 0 Å². The largest absolute Gasteiger partial charge is 0.469 e. The third-order valence-corrected chi connectivity index (χ3v) is 4.13. The van der Waals surface area contributed by atoms with Gasteiger partial charge in [-0.25, -0.2) is 9.36 Å². The van der Waals surface area contributed by atoms with Crippen LogP contribution in [0, 0.1) is 5.82 Å². The Hall–Kier alpha value is -1.36. The zero-order chi connectivity index (χ0) is 18.1. The number of aliphatic hydroxyl groups is 1. The summed E-state index contributed by atoms with van der Waals surface area (Å²) in [6.07, 6.45) is -3.34. The highest BCUT2D eigenvalue weighted by molar-refractivity contribution is 7.46. The summed E-state index contributed by atoms with van der Waals surface area (Å²) in [5, 5.41) is 10.1. The van der Waals surface area contributed by atoms with Gasteiger partial charge in [-0.3, -0.25) is 18.9 Å². The van der Waals surface area contributed by atoms with Crippen molar-refractivity contribution in [1.29, 1.82) is 0 Å². The first-order valence-corrected chi connectivity index (χ1v) is 8.74. The lowest BCUT2D eigenvalue weighted by atomic mass is 10.0. The molecular formula is C12H18FN2O8P. The van der Waals surface area contributed by atoms with Crippen molar-refractivity contribution in [3.8, 4) is 0 Å². The number of H-pyrrole nitrogens is 1. The van der Waals surface area contributed by atoms with E-state index in [1.54, 1.807) is 11.9 Å². The number of nitrogens with one attached hydrogen (secondary N) is 1. The molecule has 0 saturated carbocycles. The van der Waals surface area contributed by atoms with Crippen LogP contribution >= 0.6 is 7.82 Å². The van der Waals surface area contributed by atoms with Gasteiger partial charge in [0.15, 0.2) is 0 Å². The fourth-order valence-electron chi connectivity index (χ4n) is 2.60. The van der Waals surface area contributed by atoms with Gasteiger partial charge in [0.25, 0.3) is 5.56 Å².